The monoisotopic (exact) mass is 230 g/mol. The van der Waals surface area contributed by atoms with E-state index in [1.54, 1.807) is 6.20 Å². The van der Waals surface area contributed by atoms with Crippen molar-refractivity contribution in [2.24, 2.45) is 5.92 Å². The van der Waals surface area contributed by atoms with E-state index in [4.69, 9.17) is 5.26 Å². The first-order valence-corrected chi connectivity index (χ1v) is 6.52. The van der Waals surface area contributed by atoms with Crippen LogP contribution in [0.25, 0.3) is 0 Å². The summed E-state index contributed by atoms with van der Waals surface area (Å²) in [7, 11) is 0. The Labute approximate surface area is 102 Å². The van der Waals surface area contributed by atoms with Gasteiger partial charge in [0.1, 0.15) is 6.07 Å². The molecule has 1 aromatic heterocycles. The summed E-state index contributed by atoms with van der Waals surface area (Å²) in [6.45, 7) is 3.47. The van der Waals surface area contributed by atoms with Gasteiger partial charge in [0.25, 0.3) is 0 Å². The Hall–Kier alpha value is -1.34. The second-order valence-electron chi connectivity index (χ2n) is 5.34. The number of nitriles is 1. The van der Waals surface area contributed by atoms with Crippen LogP contribution in [0.15, 0.2) is 12.4 Å². The Kier molecular flexibility index (Phi) is 2.86. The third kappa shape index (κ3) is 2.20. The van der Waals surface area contributed by atoms with Crippen LogP contribution in [0.1, 0.15) is 37.3 Å². The number of nitrogens with zero attached hydrogens (tertiary/aromatic N) is 4. The van der Waals surface area contributed by atoms with Crippen molar-refractivity contribution in [2.75, 3.05) is 19.6 Å². The number of hydrogen-bond donors (Lipinski definition) is 0. The van der Waals surface area contributed by atoms with Gasteiger partial charge in [-0.3, -0.25) is 9.58 Å². The van der Waals surface area contributed by atoms with Gasteiger partial charge >= 0.3 is 0 Å². The Morgan fingerprint density at radius 1 is 1.35 bits per heavy atom. The van der Waals surface area contributed by atoms with Gasteiger partial charge in [-0.15, -0.1) is 0 Å². The highest BCUT2D eigenvalue weighted by atomic mass is 15.4. The minimum atomic E-state index is 0.485. The first-order valence-electron chi connectivity index (χ1n) is 6.52. The van der Waals surface area contributed by atoms with Gasteiger partial charge in [0, 0.05) is 25.8 Å². The van der Waals surface area contributed by atoms with E-state index in [1.165, 1.54) is 32.2 Å². The molecule has 17 heavy (non-hydrogen) atoms. The van der Waals surface area contributed by atoms with Crippen molar-refractivity contribution in [1.82, 2.24) is 14.7 Å². The fraction of sp³-hybridized carbons (Fsp3) is 0.692. The summed E-state index contributed by atoms with van der Waals surface area (Å²) in [5, 5.41) is 13.0. The van der Waals surface area contributed by atoms with Gasteiger partial charge in [0.2, 0.25) is 0 Å². The fourth-order valence-corrected chi connectivity index (χ4v) is 3.01. The number of likely N-dealkylation sites (tertiary alicyclic amines) is 1. The van der Waals surface area contributed by atoms with E-state index in [0.717, 1.165) is 19.0 Å². The molecule has 0 spiro atoms. The standard InChI is InChI=1S/C13H18N4/c14-5-12-6-15-17(8-12)13-9-16(10-13)7-11-3-1-2-4-11/h6,8,11,13H,1-4,7,9-10H2. The van der Waals surface area contributed by atoms with E-state index in [0.29, 0.717) is 11.6 Å². The maximum absolute atomic E-state index is 8.75. The average molecular weight is 230 g/mol. The first kappa shape index (κ1) is 10.8. The molecule has 0 aromatic carbocycles. The molecule has 3 rings (SSSR count). The second-order valence-corrected chi connectivity index (χ2v) is 5.34. The second kappa shape index (κ2) is 4.50. The van der Waals surface area contributed by atoms with Gasteiger partial charge in [0.15, 0.2) is 0 Å². The lowest BCUT2D eigenvalue weighted by Gasteiger charge is -2.40. The highest BCUT2D eigenvalue weighted by Crippen LogP contribution is 2.29. The Morgan fingerprint density at radius 3 is 2.76 bits per heavy atom. The van der Waals surface area contributed by atoms with Crippen molar-refractivity contribution < 1.29 is 0 Å². The summed E-state index contributed by atoms with van der Waals surface area (Å²) >= 11 is 0. The van der Waals surface area contributed by atoms with E-state index in [9.17, 15) is 0 Å². The van der Waals surface area contributed by atoms with Crippen LogP contribution in [-0.2, 0) is 0 Å². The molecule has 2 aliphatic rings. The van der Waals surface area contributed by atoms with E-state index in [1.807, 2.05) is 10.9 Å². The molecule has 0 atom stereocenters. The van der Waals surface area contributed by atoms with E-state index >= 15 is 0 Å². The summed E-state index contributed by atoms with van der Waals surface area (Å²) in [5.41, 5.74) is 0.666. The SMILES string of the molecule is N#Cc1cnn(C2CN(CC3CCCC3)C2)c1. The summed E-state index contributed by atoms with van der Waals surface area (Å²) in [5.74, 6) is 0.934. The molecule has 2 heterocycles. The minimum Gasteiger partial charge on any atom is -0.299 e. The summed E-state index contributed by atoms with van der Waals surface area (Å²) in [6.07, 6.45) is 9.19. The smallest absolute Gasteiger partial charge is 0.102 e. The minimum absolute atomic E-state index is 0.485. The summed E-state index contributed by atoms with van der Waals surface area (Å²) in [4.78, 5) is 2.52. The topological polar surface area (TPSA) is 44.9 Å². The Morgan fingerprint density at radius 2 is 2.12 bits per heavy atom. The Balaban J connectivity index is 1.49. The van der Waals surface area contributed by atoms with Crippen molar-refractivity contribution in [3.05, 3.63) is 18.0 Å². The lowest BCUT2D eigenvalue weighted by Crippen LogP contribution is -2.49. The number of hydrogen-bond acceptors (Lipinski definition) is 3. The van der Waals surface area contributed by atoms with Crippen LogP contribution < -0.4 is 0 Å². The van der Waals surface area contributed by atoms with Crippen LogP contribution in [0.3, 0.4) is 0 Å². The van der Waals surface area contributed by atoms with Crippen molar-refractivity contribution in [3.63, 3.8) is 0 Å². The highest BCUT2D eigenvalue weighted by Gasteiger charge is 2.30. The zero-order chi connectivity index (χ0) is 11.7. The van der Waals surface area contributed by atoms with Gasteiger partial charge in [-0.2, -0.15) is 10.4 Å². The molecule has 0 unspecified atom stereocenters. The summed E-state index contributed by atoms with van der Waals surface area (Å²) < 4.78 is 1.95. The predicted molar refractivity (Wildman–Crippen MR) is 64.4 cm³/mol. The third-order valence-corrected chi connectivity index (χ3v) is 4.03. The molecule has 1 saturated heterocycles. The molecular formula is C13H18N4. The predicted octanol–water partition coefficient (Wildman–Crippen LogP) is 1.80. The molecule has 90 valence electrons. The van der Waals surface area contributed by atoms with Gasteiger partial charge in [-0.05, 0) is 18.8 Å². The lowest BCUT2D eigenvalue weighted by atomic mass is 10.0. The van der Waals surface area contributed by atoms with Crippen molar-refractivity contribution >= 4 is 0 Å². The quantitative estimate of drug-likeness (QED) is 0.795. The van der Waals surface area contributed by atoms with E-state index in [-0.39, 0.29) is 0 Å². The maximum Gasteiger partial charge on any atom is 0.102 e. The fourth-order valence-electron chi connectivity index (χ4n) is 3.01. The third-order valence-electron chi connectivity index (χ3n) is 4.03. The van der Waals surface area contributed by atoms with Crippen molar-refractivity contribution in [2.45, 2.75) is 31.7 Å². The van der Waals surface area contributed by atoms with Gasteiger partial charge < -0.3 is 0 Å². The number of aromatic nitrogens is 2. The lowest BCUT2D eigenvalue weighted by molar-refractivity contribution is 0.0813. The van der Waals surface area contributed by atoms with Crippen molar-refractivity contribution in [3.8, 4) is 6.07 Å². The van der Waals surface area contributed by atoms with E-state index < -0.39 is 0 Å². The highest BCUT2D eigenvalue weighted by molar-refractivity contribution is 5.22. The molecular weight excluding hydrogens is 212 g/mol. The van der Waals surface area contributed by atoms with Crippen molar-refractivity contribution in [1.29, 1.82) is 5.26 Å². The van der Waals surface area contributed by atoms with E-state index in [2.05, 4.69) is 16.1 Å². The molecule has 4 heteroatoms. The molecule has 1 aliphatic heterocycles. The zero-order valence-electron chi connectivity index (χ0n) is 10.0. The normalized spacial score (nSPS) is 22.5. The largest absolute Gasteiger partial charge is 0.299 e. The maximum atomic E-state index is 8.75. The van der Waals surface area contributed by atoms with Crippen LogP contribution in [0.4, 0.5) is 0 Å². The van der Waals surface area contributed by atoms with Crippen LogP contribution in [-0.4, -0.2) is 34.3 Å². The molecule has 0 radical (unpaired) electrons. The molecule has 0 bridgehead atoms. The van der Waals surface area contributed by atoms with Gasteiger partial charge in [0.05, 0.1) is 17.8 Å². The first-order chi connectivity index (χ1) is 8.35. The number of rotatable bonds is 3. The average Bonchev–Trinajstić information content (AvgIpc) is 2.94. The van der Waals surface area contributed by atoms with Crippen LogP contribution in [0.2, 0.25) is 0 Å². The molecule has 4 nitrogen and oxygen atoms in total. The van der Waals surface area contributed by atoms with Crippen LogP contribution in [0, 0.1) is 17.2 Å². The molecule has 0 amide bonds. The summed E-state index contributed by atoms with van der Waals surface area (Å²) in [6, 6.07) is 2.61. The molecule has 2 fully saturated rings. The Bertz CT molecular complexity index is 419. The molecule has 1 saturated carbocycles. The van der Waals surface area contributed by atoms with Gasteiger partial charge in [-0.25, -0.2) is 0 Å². The zero-order valence-corrected chi connectivity index (χ0v) is 10.0. The molecule has 1 aliphatic carbocycles. The molecule has 1 aromatic rings. The van der Waals surface area contributed by atoms with Crippen LogP contribution >= 0.6 is 0 Å². The molecule has 0 N–H and O–H groups in total. The van der Waals surface area contributed by atoms with Crippen LogP contribution in [0.5, 0.6) is 0 Å². The van der Waals surface area contributed by atoms with Gasteiger partial charge in [-0.1, -0.05) is 12.8 Å².